The summed E-state index contributed by atoms with van der Waals surface area (Å²) in [7, 11) is 1.87. The smallest absolute Gasteiger partial charge is 0.227 e. The normalized spacial score (nSPS) is 14.8. The van der Waals surface area contributed by atoms with Crippen LogP contribution in [0.3, 0.4) is 0 Å². The molecule has 0 aliphatic carbocycles. The first-order valence-electron chi connectivity index (χ1n) is 7.92. The van der Waals surface area contributed by atoms with Gasteiger partial charge in [0.1, 0.15) is 11.5 Å². The molecule has 0 bridgehead atoms. The lowest BCUT2D eigenvalue weighted by Crippen LogP contribution is -2.28. The molecule has 3 heterocycles. The molecule has 0 unspecified atom stereocenters. The summed E-state index contributed by atoms with van der Waals surface area (Å²) in [5.41, 5.74) is 3.55. The van der Waals surface area contributed by atoms with Crippen LogP contribution in [0.15, 0.2) is 23.6 Å². The highest BCUT2D eigenvalue weighted by atomic mass is 32.1. The third-order valence-corrected chi connectivity index (χ3v) is 5.36. The molecule has 23 heavy (non-hydrogen) atoms. The van der Waals surface area contributed by atoms with E-state index in [1.807, 2.05) is 24.6 Å². The summed E-state index contributed by atoms with van der Waals surface area (Å²) in [5.74, 6) is 2.09. The number of amides is 1. The molecule has 0 saturated carbocycles. The van der Waals surface area contributed by atoms with Gasteiger partial charge in [-0.2, -0.15) is 0 Å². The zero-order valence-electron chi connectivity index (χ0n) is 13.1. The summed E-state index contributed by atoms with van der Waals surface area (Å²) >= 11 is 1.62. The highest BCUT2D eigenvalue weighted by molar-refractivity contribution is 7.10. The van der Waals surface area contributed by atoms with Crippen molar-refractivity contribution < 1.29 is 14.3 Å². The fourth-order valence-electron chi connectivity index (χ4n) is 3.27. The van der Waals surface area contributed by atoms with Gasteiger partial charge < -0.3 is 14.4 Å². The second-order valence-electron chi connectivity index (χ2n) is 6.02. The Kier molecular flexibility index (Phi) is 3.73. The number of nitrogens with zero attached hydrogens (tertiary/aromatic N) is 1. The Morgan fingerprint density at radius 3 is 3.00 bits per heavy atom. The van der Waals surface area contributed by atoms with Crippen molar-refractivity contribution in [2.24, 2.45) is 0 Å². The second-order valence-corrected chi connectivity index (χ2v) is 7.06. The van der Waals surface area contributed by atoms with Crippen molar-refractivity contribution >= 4 is 17.2 Å². The molecule has 0 spiro atoms. The van der Waals surface area contributed by atoms with E-state index in [0.29, 0.717) is 13.0 Å². The average Bonchev–Trinajstić information content (AvgIpc) is 3.27. The van der Waals surface area contributed by atoms with Crippen LogP contribution in [-0.4, -0.2) is 31.1 Å². The third-order valence-electron chi connectivity index (χ3n) is 4.49. The molecule has 120 valence electrons. The summed E-state index contributed by atoms with van der Waals surface area (Å²) in [6.45, 7) is 2.02. The van der Waals surface area contributed by atoms with Gasteiger partial charge in [0.15, 0.2) is 0 Å². The molecule has 0 saturated heterocycles. The molecule has 2 aromatic rings. The van der Waals surface area contributed by atoms with Crippen LogP contribution in [0, 0.1) is 0 Å². The highest BCUT2D eigenvalue weighted by Gasteiger charge is 2.27. The van der Waals surface area contributed by atoms with E-state index in [9.17, 15) is 4.79 Å². The number of hydrogen-bond donors (Lipinski definition) is 0. The molecule has 1 aromatic carbocycles. The van der Waals surface area contributed by atoms with E-state index in [2.05, 4.69) is 6.07 Å². The molecule has 4 nitrogen and oxygen atoms in total. The molecule has 4 rings (SSSR count). The van der Waals surface area contributed by atoms with Crippen molar-refractivity contribution in [3.05, 3.63) is 45.1 Å². The number of rotatable bonds is 4. The zero-order valence-corrected chi connectivity index (χ0v) is 13.9. The van der Waals surface area contributed by atoms with Crippen LogP contribution in [0.1, 0.15) is 21.6 Å². The Hall–Kier alpha value is -2.01. The SMILES string of the molecule is CN(Cc1c2c(cc3c1OCC3)OCC2)C(=O)Cc1cccs1. The Balaban J connectivity index is 1.58. The average molecular weight is 329 g/mol. The monoisotopic (exact) mass is 329 g/mol. The van der Waals surface area contributed by atoms with Crippen LogP contribution < -0.4 is 9.47 Å². The van der Waals surface area contributed by atoms with Gasteiger partial charge in [0, 0.05) is 48.0 Å². The zero-order chi connectivity index (χ0) is 15.8. The molecular formula is C18H19NO3S. The number of likely N-dealkylation sites (N-methyl/N-ethyl adjacent to an activating group) is 1. The lowest BCUT2D eigenvalue weighted by Gasteiger charge is -2.20. The molecule has 1 aromatic heterocycles. The van der Waals surface area contributed by atoms with Gasteiger partial charge in [0.2, 0.25) is 5.91 Å². The maximum atomic E-state index is 12.5. The standard InChI is InChI=1S/C18H19NO3S/c1-19(17(20)10-13-3-2-8-23-13)11-15-14-5-7-21-16(14)9-12-4-6-22-18(12)15/h2-3,8-9H,4-7,10-11H2,1H3. The van der Waals surface area contributed by atoms with E-state index in [1.54, 1.807) is 16.2 Å². The van der Waals surface area contributed by atoms with Gasteiger partial charge in [0.05, 0.1) is 19.6 Å². The Bertz CT molecular complexity index is 707. The molecule has 0 radical (unpaired) electrons. The number of benzene rings is 1. The van der Waals surface area contributed by atoms with E-state index in [0.717, 1.165) is 48.0 Å². The van der Waals surface area contributed by atoms with Crippen molar-refractivity contribution in [2.45, 2.75) is 25.8 Å². The van der Waals surface area contributed by atoms with Gasteiger partial charge >= 0.3 is 0 Å². The molecule has 0 N–H and O–H groups in total. The molecule has 2 aliphatic heterocycles. The van der Waals surface area contributed by atoms with Crippen LogP contribution in [0.25, 0.3) is 0 Å². The summed E-state index contributed by atoms with van der Waals surface area (Å²) in [6.07, 6.45) is 2.28. The number of ether oxygens (including phenoxy) is 2. The maximum Gasteiger partial charge on any atom is 0.227 e. The lowest BCUT2D eigenvalue weighted by molar-refractivity contribution is -0.129. The van der Waals surface area contributed by atoms with E-state index < -0.39 is 0 Å². The number of hydrogen-bond acceptors (Lipinski definition) is 4. The minimum absolute atomic E-state index is 0.135. The van der Waals surface area contributed by atoms with Crippen LogP contribution in [-0.2, 0) is 30.6 Å². The quantitative estimate of drug-likeness (QED) is 0.866. The van der Waals surface area contributed by atoms with Crippen LogP contribution in [0.2, 0.25) is 0 Å². The maximum absolute atomic E-state index is 12.5. The third kappa shape index (κ3) is 2.70. The topological polar surface area (TPSA) is 38.8 Å². The van der Waals surface area contributed by atoms with Crippen molar-refractivity contribution in [1.29, 1.82) is 0 Å². The predicted molar refractivity (Wildman–Crippen MR) is 89.3 cm³/mol. The van der Waals surface area contributed by atoms with Crippen molar-refractivity contribution in [2.75, 3.05) is 20.3 Å². The van der Waals surface area contributed by atoms with E-state index >= 15 is 0 Å². The summed E-state index contributed by atoms with van der Waals surface area (Å²) < 4.78 is 11.6. The Labute approximate surface area is 139 Å². The van der Waals surface area contributed by atoms with Crippen molar-refractivity contribution in [3.8, 4) is 11.5 Å². The summed E-state index contributed by atoms with van der Waals surface area (Å²) in [6, 6.07) is 6.10. The first-order chi connectivity index (χ1) is 11.2. The molecule has 0 atom stereocenters. The van der Waals surface area contributed by atoms with Crippen LogP contribution in [0.4, 0.5) is 0 Å². The number of thiophene rings is 1. The van der Waals surface area contributed by atoms with Gasteiger partial charge in [-0.1, -0.05) is 6.07 Å². The molecule has 0 fully saturated rings. The molecular weight excluding hydrogens is 310 g/mol. The first-order valence-corrected chi connectivity index (χ1v) is 8.80. The van der Waals surface area contributed by atoms with Gasteiger partial charge in [0.25, 0.3) is 0 Å². The van der Waals surface area contributed by atoms with E-state index in [4.69, 9.17) is 9.47 Å². The largest absolute Gasteiger partial charge is 0.493 e. The van der Waals surface area contributed by atoms with Crippen LogP contribution >= 0.6 is 11.3 Å². The number of carbonyl (C=O) groups excluding carboxylic acids is 1. The van der Waals surface area contributed by atoms with Crippen molar-refractivity contribution in [1.82, 2.24) is 4.90 Å². The predicted octanol–water partition coefficient (Wildman–Crippen LogP) is 2.82. The highest BCUT2D eigenvalue weighted by Crippen LogP contribution is 2.41. The van der Waals surface area contributed by atoms with Gasteiger partial charge in [-0.3, -0.25) is 4.79 Å². The first kappa shape index (κ1) is 14.6. The molecule has 5 heteroatoms. The minimum Gasteiger partial charge on any atom is -0.493 e. The molecule has 1 amide bonds. The van der Waals surface area contributed by atoms with Gasteiger partial charge in [-0.15, -0.1) is 11.3 Å². The number of fused-ring (bicyclic) bond motifs is 2. The van der Waals surface area contributed by atoms with Crippen LogP contribution in [0.5, 0.6) is 11.5 Å². The van der Waals surface area contributed by atoms with Gasteiger partial charge in [-0.05, 0) is 17.5 Å². The Morgan fingerprint density at radius 1 is 1.30 bits per heavy atom. The van der Waals surface area contributed by atoms with E-state index in [-0.39, 0.29) is 5.91 Å². The van der Waals surface area contributed by atoms with E-state index in [1.165, 1.54) is 11.1 Å². The second kappa shape index (κ2) is 5.89. The number of carbonyl (C=O) groups is 1. The molecule has 2 aliphatic rings. The minimum atomic E-state index is 0.135. The lowest BCUT2D eigenvalue weighted by atomic mass is 9.99. The summed E-state index contributed by atoms with van der Waals surface area (Å²) in [5, 5.41) is 2.00. The van der Waals surface area contributed by atoms with Crippen molar-refractivity contribution in [3.63, 3.8) is 0 Å². The van der Waals surface area contributed by atoms with Gasteiger partial charge in [-0.25, -0.2) is 0 Å². The fourth-order valence-corrected chi connectivity index (χ4v) is 3.97. The Morgan fingerprint density at radius 2 is 2.17 bits per heavy atom. The fraction of sp³-hybridized carbons (Fsp3) is 0.389. The summed E-state index contributed by atoms with van der Waals surface area (Å²) in [4.78, 5) is 15.4.